The maximum Gasteiger partial charge on any atom is 0.0936 e. The molecule has 0 bridgehead atoms. The van der Waals surface area contributed by atoms with Gasteiger partial charge in [-0.05, 0) is 32.2 Å². The SMILES string of the molecule is CC(C)CCCN1CC(C)OC(CO)C1. The first kappa shape index (κ1) is 12.9. The van der Waals surface area contributed by atoms with E-state index >= 15 is 0 Å². The Balaban J connectivity index is 2.22. The lowest BCUT2D eigenvalue weighted by molar-refractivity contribution is -0.0953. The van der Waals surface area contributed by atoms with Crippen LogP contribution in [0.1, 0.15) is 33.6 Å². The molecule has 0 saturated carbocycles. The molecular weight excluding hydrogens is 190 g/mol. The highest BCUT2D eigenvalue weighted by atomic mass is 16.5. The van der Waals surface area contributed by atoms with Crippen molar-refractivity contribution in [2.24, 2.45) is 5.92 Å². The minimum absolute atomic E-state index is 0.0211. The zero-order valence-electron chi connectivity index (χ0n) is 10.3. The number of rotatable bonds is 5. The standard InChI is InChI=1S/C12H25NO2/c1-10(2)5-4-6-13-7-11(3)15-12(8-13)9-14/h10-12,14H,4-9H2,1-3H3. The van der Waals surface area contributed by atoms with E-state index in [4.69, 9.17) is 9.84 Å². The van der Waals surface area contributed by atoms with Crippen LogP contribution in [0.15, 0.2) is 0 Å². The fourth-order valence-electron chi connectivity index (χ4n) is 2.15. The van der Waals surface area contributed by atoms with Gasteiger partial charge in [0.25, 0.3) is 0 Å². The summed E-state index contributed by atoms with van der Waals surface area (Å²) in [6.45, 7) is 9.79. The quantitative estimate of drug-likeness (QED) is 0.754. The lowest BCUT2D eigenvalue weighted by atomic mass is 10.1. The maximum absolute atomic E-state index is 9.09. The zero-order valence-corrected chi connectivity index (χ0v) is 10.3. The van der Waals surface area contributed by atoms with Crippen molar-refractivity contribution in [3.8, 4) is 0 Å². The Morgan fingerprint density at radius 2 is 2.13 bits per heavy atom. The number of aliphatic hydroxyl groups is 1. The van der Waals surface area contributed by atoms with Crippen LogP contribution in [-0.2, 0) is 4.74 Å². The lowest BCUT2D eigenvalue weighted by Gasteiger charge is -2.36. The first-order valence-corrected chi connectivity index (χ1v) is 6.10. The van der Waals surface area contributed by atoms with Crippen molar-refractivity contribution in [2.45, 2.75) is 45.8 Å². The normalized spacial score (nSPS) is 28.6. The molecule has 1 saturated heterocycles. The van der Waals surface area contributed by atoms with Crippen LogP contribution < -0.4 is 0 Å². The monoisotopic (exact) mass is 215 g/mol. The second kappa shape index (κ2) is 6.46. The third-order valence-corrected chi connectivity index (χ3v) is 2.86. The number of morpholine rings is 1. The topological polar surface area (TPSA) is 32.7 Å². The van der Waals surface area contributed by atoms with E-state index in [-0.39, 0.29) is 18.8 Å². The van der Waals surface area contributed by atoms with Crippen molar-refractivity contribution in [1.29, 1.82) is 0 Å². The average Bonchev–Trinajstić information content (AvgIpc) is 2.16. The van der Waals surface area contributed by atoms with Crippen LogP contribution in [0.2, 0.25) is 0 Å². The predicted molar refractivity (Wildman–Crippen MR) is 61.9 cm³/mol. The molecule has 0 aliphatic carbocycles. The minimum atomic E-state index is 0.0211. The van der Waals surface area contributed by atoms with E-state index in [1.165, 1.54) is 12.8 Å². The molecule has 1 N–H and O–H groups in total. The highest BCUT2D eigenvalue weighted by molar-refractivity contribution is 4.75. The predicted octanol–water partition coefficient (Wildman–Crippen LogP) is 1.50. The Morgan fingerprint density at radius 3 is 2.73 bits per heavy atom. The summed E-state index contributed by atoms with van der Waals surface area (Å²) >= 11 is 0. The second-order valence-electron chi connectivity index (χ2n) is 5.05. The van der Waals surface area contributed by atoms with E-state index in [1.54, 1.807) is 0 Å². The maximum atomic E-state index is 9.09. The van der Waals surface area contributed by atoms with Gasteiger partial charge in [0, 0.05) is 13.1 Å². The molecule has 0 amide bonds. The van der Waals surface area contributed by atoms with Gasteiger partial charge in [-0.25, -0.2) is 0 Å². The highest BCUT2D eigenvalue weighted by Gasteiger charge is 2.23. The molecule has 1 rings (SSSR count). The summed E-state index contributed by atoms with van der Waals surface area (Å²) in [6.07, 6.45) is 2.82. The Morgan fingerprint density at radius 1 is 1.40 bits per heavy atom. The van der Waals surface area contributed by atoms with E-state index < -0.39 is 0 Å². The van der Waals surface area contributed by atoms with E-state index in [2.05, 4.69) is 25.7 Å². The molecule has 0 aromatic rings. The molecule has 0 aromatic carbocycles. The molecule has 0 aromatic heterocycles. The van der Waals surface area contributed by atoms with Crippen LogP contribution >= 0.6 is 0 Å². The summed E-state index contributed by atoms with van der Waals surface area (Å²) < 4.78 is 5.60. The van der Waals surface area contributed by atoms with E-state index in [9.17, 15) is 0 Å². The number of ether oxygens (including phenoxy) is 1. The van der Waals surface area contributed by atoms with Gasteiger partial charge < -0.3 is 9.84 Å². The minimum Gasteiger partial charge on any atom is -0.394 e. The number of nitrogens with zero attached hydrogens (tertiary/aromatic N) is 1. The van der Waals surface area contributed by atoms with Gasteiger partial charge in [-0.1, -0.05) is 13.8 Å². The van der Waals surface area contributed by atoms with Gasteiger partial charge in [0.1, 0.15) is 0 Å². The fourth-order valence-corrected chi connectivity index (χ4v) is 2.15. The first-order valence-electron chi connectivity index (χ1n) is 6.10. The molecule has 1 heterocycles. The molecule has 3 nitrogen and oxygen atoms in total. The van der Waals surface area contributed by atoms with Crippen molar-refractivity contribution in [3.63, 3.8) is 0 Å². The lowest BCUT2D eigenvalue weighted by Crippen LogP contribution is -2.48. The number of hydrogen-bond acceptors (Lipinski definition) is 3. The van der Waals surface area contributed by atoms with E-state index in [0.717, 1.165) is 25.6 Å². The van der Waals surface area contributed by atoms with Gasteiger partial charge in [0.05, 0.1) is 18.8 Å². The summed E-state index contributed by atoms with van der Waals surface area (Å²) in [5, 5.41) is 9.09. The van der Waals surface area contributed by atoms with Crippen molar-refractivity contribution >= 4 is 0 Å². The van der Waals surface area contributed by atoms with Gasteiger partial charge in [-0.2, -0.15) is 0 Å². The molecule has 1 aliphatic rings. The van der Waals surface area contributed by atoms with Crippen LogP contribution in [0, 0.1) is 5.92 Å². The van der Waals surface area contributed by atoms with Crippen LogP contribution in [0.25, 0.3) is 0 Å². The fraction of sp³-hybridized carbons (Fsp3) is 1.00. The van der Waals surface area contributed by atoms with Crippen LogP contribution in [0.3, 0.4) is 0 Å². The van der Waals surface area contributed by atoms with Crippen LogP contribution in [-0.4, -0.2) is 48.5 Å². The Labute approximate surface area is 93.4 Å². The summed E-state index contributed by atoms with van der Waals surface area (Å²) in [4.78, 5) is 2.41. The van der Waals surface area contributed by atoms with Crippen LogP contribution in [0.5, 0.6) is 0 Å². The van der Waals surface area contributed by atoms with Gasteiger partial charge in [-0.15, -0.1) is 0 Å². The summed E-state index contributed by atoms with van der Waals surface area (Å²) in [7, 11) is 0. The van der Waals surface area contributed by atoms with Crippen molar-refractivity contribution < 1.29 is 9.84 Å². The van der Waals surface area contributed by atoms with Crippen LogP contribution in [0.4, 0.5) is 0 Å². The van der Waals surface area contributed by atoms with Gasteiger partial charge in [-0.3, -0.25) is 4.90 Å². The number of aliphatic hydroxyl groups excluding tert-OH is 1. The third-order valence-electron chi connectivity index (χ3n) is 2.86. The molecule has 1 aliphatic heterocycles. The average molecular weight is 215 g/mol. The molecule has 0 spiro atoms. The summed E-state index contributed by atoms with van der Waals surface area (Å²) in [6, 6.07) is 0. The van der Waals surface area contributed by atoms with Gasteiger partial charge in [0.2, 0.25) is 0 Å². The molecule has 1 fully saturated rings. The summed E-state index contributed by atoms with van der Waals surface area (Å²) in [5.41, 5.74) is 0. The molecule has 15 heavy (non-hydrogen) atoms. The zero-order chi connectivity index (χ0) is 11.3. The van der Waals surface area contributed by atoms with Crippen molar-refractivity contribution in [3.05, 3.63) is 0 Å². The molecular formula is C12H25NO2. The largest absolute Gasteiger partial charge is 0.394 e. The smallest absolute Gasteiger partial charge is 0.0936 e. The molecule has 90 valence electrons. The summed E-state index contributed by atoms with van der Waals surface area (Å²) in [5.74, 6) is 0.789. The highest BCUT2D eigenvalue weighted by Crippen LogP contribution is 2.12. The Hall–Kier alpha value is -0.120. The molecule has 2 unspecified atom stereocenters. The van der Waals surface area contributed by atoms with Crippen molar-refractivity contribution in [2.75, 3.05) is 26.2 Å². The van der Waals surface area contributed by atoms with E-state index in [1.807, 2.05) is 0 Å². The second-order valence-corrected chi connectivity index (χ2v) is 5.05. The van der Waals surface area contributed by atoms with E-state index in [0.29, 0.717) is 0 Å². The Bertz CT molecular complexity index is 173. The Kier molecular flexibility index (Phi) is 5.58. The first-order chi connectivity index (χ1) is 7.11. The number of hydrogen-bond donors (Lipinski definition) is 1. The molecule has 3 heteroatoms. The molecule has 0 radical (unpaired) electrons. The third kappa shape index (κ3) is 4.96. The van der Waals surface area contributed by atoms with Gasteiger partial charge in [0.15, 0.2) is 0 Å². The molecule has 2 atom stereocenters. The van der Waals surface area contributed by atoms with Gasteiger partial charge >= 0.3 is 0 Å². The van der Waals surface area contributed by atoms with Crippen molar-refractivity contribution in [1.82, 2.24) is 4.90 Å².